The van der Waals surface area contributed by atoms with Crippen molar-refractivity contribution in [2.24, 2.45) is 51.6 Å². The van der Waals surface area contributed by atoms with Gasteiger partial charge in [0.25, 0.3) is 0 Å². The Morgan fingerprint density at radius 3 is 1.58 bits per heavy atom. The van der Waals surface area contributed by atoms with Crippen molar-refractivity contribution in [1.82, 2.24) is 53.2 Å². The Bertz CT molecular complexity index is 2590. The zero-order valence-electron chi connectivity index (χ0n) is 52.5. The number of amides is 11. The van der Waals surface area contributed by atoms with E-state index in [9.17, 15) is 67.7 Å². The van der Waals surface area contributed by atoms with E-state index in [1.54, 1.807) is 55.4 Å². The highest BCUT2D eigenvalue weighted by molar-refractivity contribution is 5.99. The summed E-state index contributed by atoms with van der Waals surface area (Å²) in [6.45, 7) is 16.0. The molecular weight excluding hydrogens is 1150 g/mol. The second-order valence-corrected chi connectivity index (χ2v) is 22.7. The zero-order valence-corrected chi connectivity index (χ0v) is 52.5. The maximum absolute atomic E-state index is 14.4. The zero-order chi connectivity index (χ0) is 66.7. The molecule has 0 bridgehead atoms. The number of aliphatic hydroxyl groups excluding tert-OH is 2. The first-order valence-corrected chi connectivity index (χ1v) is 30.0. The highest BCUT2D eigenvalue weighted by Crippen LogP contribution is 2.17. The van der Waals surface area contributed by atoms with Gasteiger partial charge in [-0.15, -0.1) is 0 Å². The molecule has 1 aromatic rings. The van der Waals surface area contributed by atoms with Gasteiger partial charge in [-0.3, -0.25) is 57.7 Å². The smallest absolute Gasteiger partial charge is 0.329 e. The van der Waals surface area contributed by atoms with Crippen molar-refractivity contribution in [3.8, 4) is 0 Å². The number of carbonyl (C=O) groups is 12. The first-order chi connectivity index (χ1) is 41.4. The largest absolute Gasteiger partial charge is 0.458 e. The van der Waals surface area contributed by atoms with Crippen molar-refractivity contribution in [2.45, 2.75) is 207 Å². The lowest BCUT2D eigenvalue weighted by Crippen LogP contribution is -2.63. The van der Waals surface area contributed by atoms with Crippen LogP contribution in [0.5, 0.6) is 0 Å². The second kappa shape index (κ2) is 37.6. The van der Waals surface area contributed by atoms with Crippen LogP contribution in [0.4, 0.5) is 0 Å². The molecule has 2 rings (SSSR count). The van der Waals surface area contributed by atoms with Gasteiger partial charge in [-0.05, 0) is 75.7 Å². The van der Waals surface area contributed by atoms with E-state index in [-0.39, 0.29) is 44.6 Å². The number of hydrogen-bond acceptors (Lipinski definition) is 17. The molecule has 88 heavy (non-hydrogen) atoms. The first kappa shape index (κ1) is 76.1. The maximum atomic E-state index is 14.4. The molecule has 11 amide bonds. The number of nitrogens with zero attached hydrogens (tertiary/aromatic N) is 1. The van der Waals surface area contributed by atoms with Crippen LogP contribution in [0.2, 0.25) is 0 Å². The summed E-state index contributed by atoms with van der Waals surface area (Å²) in [5, 5.41) is 46.1. The maximum Gasteiger partial charge on any atom is 0.329 e. The highest BCUT2D eigenvalue weighted by Gasteiger charge is 2.41. The molecule has 0 aliphatic carbocycles. The third-order valence-electron chi connectivity index (χ3n) is 15.7. The number of nitrogens with two attached hydrogens (primary N) is 4. The van der Waals surface area contributed by atoms with E-state index in [4.69, 9.17) is 27.7 Å². The van der Waals surface area contributed by atoms with Crippen LogP contribution < -0.4 is 76.1 Å². The Morgan fingerprint density at radius 1 is 0.614 bits per heavy atom. The summed E-state index contributed by atoms with van der Waals surface area (Å²) in [5.41, 5.74) is 24.3. The van der Waals surface area contributed by atoms with E-state index < -0.39 is 193 Å². The quantitative estimate of drug-likeness (QED) is 0.0139. The number of aryl methyl sites for hydroxylation is 1. The Hall–Kier alpha value is -7.99. The minimum Gasteiger partial charge on any atom is -0.458 e. The minimum atomic E-state index is -1.83. The lowest BCUT2D eigenvalue weighted by molar-refractivity contribution is -0.157. The summed E-state index contributed by atoms with van der Waals surface area (Å²) in [6.07, 6.45) is -0.696. The van der Waals surface area contributed by atoms with Gasteiger partial charge in [-0.1, -0.05) is 111 Å². The SMILES string of the molecule is CC[C@@H](C)[C@@H](NC(=O)[C@@H](CCC(N)=O)NC(=O)[C@H](CO)NC(=O)[C@@H](NC(=O)[C@H](N)Cc1ccc(C)cc1)[C@@H](C)CC)C(=O)N[C@H](C(=O)N[C@@H](CO)C(=O)N[C@H]1C(=O)N[C@@H](C)C(=O)N[C@@H](CCCN=C(N)N)C(=O)N[C@@H]([C@@H](C)CC)C(=O)O[C@H]1C)[C@@H](C)CC. The van der Waals surface area contributed by atoms with Crippen LogP contribution in [0, 0.1) is 30.6 Å². The van der Waals surface area contributed by atoms with E-state index in [2.05, 4.69) is 58.2 Å². The van der Waals surface area contributed by atoms with Gasteiger partial charge >= 0.3 is 5.97 Å². The molecule has 30 heteroatoms. The molecule has 0 radical (unpaired) electrons. The lowest BCUT2D eigenvalue weighted by Gasteiger charge is -2.31. The number of carbonyl (C=O) groups excluding carboxylic acids is 12. The van der Waals surface area contributed by atoms with Crippen molar-refractivity contribution in [3.05, 3.63) is 35.4 Å². The van der Waals surface area contributed by atoms with Crippen LogP contribution in [0.15, 0.2) is 29.3 Å². The normalized spacial score (nSPS) is 21.0. The average Bonchev–Trinajstić information content (AvgIpc) is 3.05. The molecule has 1 aliphatic heterocycles. The molecule has 1 aliphatic rings. The molecule has 0 aromatic heterocycles. The van der Waals surface area contributed by atoms with Crippen LogP contribution in [-0.4, -0.2) is 179 Å². The summed E-state index contributed by atoms with van der Waals surface area (Å²) in [6, 6.07) is -8.58. The summed E-state index contributed by atoms with van der Waals surface area (Å²) in [4.78, 5) is 169. The second-order valence-electron chi connectivity index (χ2n) is 22.7. The Labute approximate surface area is 514 Å². The van der Waals surface area contributed by atoms with Crippen molar-refractivity contribution < 1.29 is 72.5 Å². The lowest BCUT2D eigenvalue weighted by atomic mass is 9.94. The molecule has 30 nitrogen and oxygen atoms in total. The van der Waals surface area contributed by atoms with Gasteiger partial charge in [0, 0.05) is 13.0 Å². The third kappa shape index (κ3) is 24.3. The monoisotopic (exact) mass is 1240 g/mol. The van der Waals surface area contributed by atoms with Gasteiger partial charge in [0.15, 0.2) is 5.96 Å². The van der Waals surface area contributed by atoms with Crippen LogP contribution in [0.1, 0.15) is 132 Å². The number of aliphatic imine (C=N–C) groups is 1. The molecule has 1 heterocycles. The Balaban J connectivity index is 2.40. The van der Waals surface area contributed by atoms with Crippen molar-refractivity contribution in [1.29, 1.82) is 0 Å². The van der Waals surface area contributed by atoms with E-state index in [0.29, 0.717) is 12.8 Å². The average molecular weight is 1240 g/mol. The number of cyclic esters (lactones) is 1. The van der Waals surface area contributed by atoms with Gasteiger partial charge in [0.2, 0.25) is 65.0 Å². The van der Waals surface area contributed by atoms with E-state index >= 15 is 0 Å². The van der Waals surface area contributed by atoms with Crippen molar-refractivity contribution in [2.75, 3.05) is 19.8 Å². The topological polar surface area (TPSA) is 491 Å². The van der Waals surface area contributed by atoms with Crippen LogP contribution in [-0.2, 0) is 68.7 Å². The highest BCUT2D eigenvalue weighted by atomic mass is 16.5. The number of esters is 1. The number of ether oxygens (including phenoxy) is 1. The predicted molar refractivity (Wildman–Crippen MR) is 324 cm³/mol. The fourth-order valence-corrected chi connectivity index (χ4v) is 9.01. The number of hydrogen-bond donors (Lipinski definition) is 16. The molecule has 1 aromatic carbocycles. The third-order valence-corrected chi connectivity index (χ3v) is 15.7. The number of primary amides is 1. The number of aliphatic hydroxyl groups is 2. The predicted octanol–water partition coefficient (Wildman–Crippen LogP) is -3.83. The standard InChI is InChI=1S/C58H97N15O15/c1-12-29(6)42(69-48(78)36(59)25-35-20-18-28(5)19-21-35)53(83)67-39(26-74)51(81)66-38(22-23-41(60)76)50(80)70-44(31(8)14-3)55(85)71-43(30(7)13-2)54(84)68-40(27-75)52(82)73-46-34(11)88-57(87)45(32(9)15-4)72-49(79)37(17-16-24-63-58(61)62)65-47(77)33(10)64-56(46)86/h18-21,29-34,36-40,42-46,74-75H,12-17,22-27,59H2,1-11H3,(H2,60,76)(H,64,86)(H,65,77)(H,66,81)(H,67,83)(H,68,84)(H,69,78)(H,70,80)(H,71,85)(H,72,79)(H,73,82)(H4,61,62,63)/t29-,30-,31+,32-,33-,34-,36+,37-,38+,39-,40-,42-,43-,44+,45-,46+/m0/s1. The fraction of sp³-hybridized carbons (Fsp3) is 0.672. The molecule has 494 valence electrons. The first-order valence-electron chi connectivity index (χ1n) is 30.0. The van der Waals surface area contributed by atoms with Gasteiger partial charge in [-0.25, -0.2) is 4.79 Å². The number of rotatable bonds is 33. The van der Waals surface area contributed by atoms with Crippen LogP contribution >= 0.6 is 0 Å². The van der Waals surface area contributed by atoms with E-state index in [1.807, 2.05) is 31.2 Å². The number of benzene rings is 1. The summed E-state index contributed by atoms with van der Waals surface area (Å²) in [7, 11) is 0. The molecule has 1 fully saturated rings. The number of nitrogens with one attached hydrogen (secondary N) is 10. The molecule has 0 unspecified atom stereocenters. The van der Waals surface area contributed by atoms with Crippen molar-refractivity contribution >= 4 is 76.9 Å². The van der Waals surface area contributed by atoms with Crippen LogP contribution in [0.3, 0.4) is 0 Å². The molecule has 1 saturated heterocycles. The minimum absolute atomic E-state index is 0.0227. The van der Waals surface area contributed by atoms with Gasteiger partial charge in [-0.2, -0.15) is 0 Å². The summed E-state index contributed by atoms with van der Waals surface area (Å²) in [5.74, 6) is -13.7. The number of guanidine groups is 1. The van der Waals surface area contributed by atoms with Crippen LogP contribution in [0.25, 0.3) is 0 Å². The van der Waals surface area contributed by atoms with Gasteiger partial charge in [0.1, 0.15) is 66.5 Å². The molecular formula is C58H97N15O15. The van der Waals surface area contributed by atoms with Crippen molar-refractivity contribution in [3.63, 3.8) is 0 Å². The molecule has 0 saturated carbocycles. The molecule has 16 atom stereocenters. The Kier molecular flexibility index (Phi) is 32.6. The summed E-state index contributed by atoms with van der Waals surface area (Å²) < 4.78 is 5.70. The fourth-order valence-electron chi connectivity index (χ4n) is 9.01. The Morgan fingerprint density at radius 2 is 1.09 bits per heavy atom. The molecule has 20 N–H and O–H groups in total. The molecule has 0 spiro atoms. The van der Waals surface area contributed by atoms with E-state index in [1.165, 1.54) is 13.8 Å². The van der Waals surface area contributed by atoms with E-state index in [0.717, 1.165) is 11.1 Å². The van der Waals surface area contributed by atoms with Gasteiger partial charge < -0.3 is 91.1 Å². The summed E-state index contributed by atoms with van der Waals surface area (Å²) >= 11 is 0. The van der Waals surface area contributed by atoms with Gasteiger partial charge in [0.05, 0.1) is 19.3 Å².